The number of carbonyl (C=O) groups excluding carboxylic acids is 1. The van der Waals surface area contributed by atoms with Crippen LogP contribution in [0.15, 0.2) is 18.2 Å². The van der Waals surface area contributed by atoms with E-state index in [9.17, 15) is 15.0 Å². The standard InChI is InChI=1S/C19H19NO5S/c1-18(2,22)8-7-11-5-6-13-12(9-11)14-15(19(3,23)10-25-13)26-16(20-14)17(21)24-4/h5-6,9,22-23H,10H2,1-4H3. The monoisotopic (exact) mass is 373 g/mol. The van der Waals surface area contributed by atoms with Crippen molar-refractivity contribution in [1.82, 2.24) is 4.98 Å². The van der Waals surface area contributed by atoms with E-state index in [1.807, 2.05) is 0 Å². The molecule has 1 unspecified atom stereocenters. The predicted molar refractivity (Wildman–Crippen MR) is 97.1 cm³/mol. The largest absolute Gasteiger partial charge is 0.489 e. The lowest BCUT2D eigenvalue weighted by Gasteiger charge is -2.19. The molecule has 1 aliphatic heterocycles. The highest BCUT2D eigenvalue weighted by Crippen LogP contribution is 2.43. The van der Waals surface area contributed by atoms with Crippen molar-refractivity contribution in [2.75, 3.05) is 13.7 Å². The Hall–Kier alpha value is -2.40. The molecule has 6 nitrogen and oxygen atoms in total. The Labute approximate surface area is 155 Å². The van der Waals surface area contributed by atoms with Gasteiger partial charge >= 0.3 is 5.97 Å². The molecule has 0 fully saturated rings. The number of esters is 1. The van der Waals surface area contributed by atoms with E-state index in [1.54, 1.807) is 39.0 Å². The first-order valence-electron chi connectivity index (χ1n) is 7.95. The maximum absolute atomic E-state index is 11.9. The van der Waals surface area contributed by atoms with E-state index in [-0.39, 0.29) is 11.6 Å². The van der Waals surface area contributed by atoms with Crippen molar-refractivity contribution in [3.63, 3.8) is 0 Å². The van der Waals surface area contributed by atoms with E-state index in [0.29, 0.717) is 27.4 Å². The maximum atomic E-state index is 11.9. The van der Waals surface area contributed by atoms with Crippen LogP contribution in [-0.2, 0) is 10.3 Å². The van der Waals surface area contributed by atoms with Crippen molar-refractivity contribution in [1.29, 1.82) is 0 Å². The van der Waals surface area contributed by atoms with Crippen LogP contribution in [0, 0.1) is 11.8 Å². The molecular formula is C19H19NO5S. The Balaban J connectivity index is 2.17. The number of aromatic nitrogens is 1. The number of hydrogen-bond acceptors (Lipinski definition) is 7. The van der Waals surface area contributed by atoms with E-state index >= 15 is 0 Å². The minimum absolute atomic E-state index is 0.0322. The highest BCUT2D eigenvalue weighted by Gasteiger charge is 2.36. The van der Waals surface area contributed by atoms with E-state index in [0.717, 1.165) is 11.3 Å². The van der Waals surface area contributed by atoms with E-state index in [2.05, 4.69) is 16.8 Å². The van der Waals surface area contributed by atoms with Crippen LogP contribution in [0.2, 0.25) is 0 Å². The zero-order valence-corrected chi connectivity index (χ0v) is 15.7. The van der Waals surface area contributed by atoms with Crippen LogP contribution in [0.1, 0.15) is 41.0 Å². The molecule has 26 heavy (non-hydrogen) atoms. The van der Waals surface area contributed by atoms with E-state index < -0.39 is 17.2 Å². The summed E-state index contributed by atoms with van der Waals surface area (Å²) in [6, 6.07) is 5.28. The van der Waals surface area contributed by atoms with Crippen LogP contribution in [-0.4, -0.2) is 40.5 Å². The Morgan fingerprint density at radius 1 is 1.46 bits per heavy atom. The van der Waals surface area contributed by atoms with Gasteiger partial charge in [0.25, 0.3) is 0 Å². The number of aliphatic hydroxyl groups is 2. The van der Waals surface area contributed by atoms with Crippen molar-refractivity contribution in [3.8, 4) is 28.8 Å². The smallest absolute Gasteiger partial charge is 0.367 e. The lowest BCUT2D eigenvalue weighted by Crippen LogP contribution is -2.27. The number of thiazole rings is 1. The van der Waals surface area contributed by atoms with Crippen LogP contribution in [0.25, 0.3) is 11.3 Å². The summed E-state index contributed by atoms with van der Waals surface area (Å²) < 4.78 is 10.5. The topological polar surface area (TPSA) is 88.9 Å². The third-order valence-corrected chi connectivity index (χ3v) is 5.02. The normalized spacial score (nSPS) is 18.5. The van der Waals surface area contributed by atoms with Gasteiger partial charge in [-0.2, -0.15) is 0 Å². The molecule has 2 aromatic rings. The van der Waals surface area contributed by atoms with Gasteiger partial charge in [-0.05, 0) is 39.0 Å². The average molecular weight is 373 g/mol. The molecule has 0 spiro atoms. The molecule has 1 aliphatic rings. The molecule has 1 aromatic heterocycles. The van der Waals surface area contributed by atoms with Gasteiger partial charge in [0.1, 0.15) is 23.6 Å². The lowest BCUT2D eigenvalue weighted by atomic mass is 10.0. The minimum Gasteiger partial charge on any atom is -0.489 e. The zero-order chi connectivity index (χ0) is 19.1. The van der Waals surface area contributed by atoms with Gasteiger partial charge in [-0.1, -0.05) is 11.8 Å². The average Bonchev–Trinajstić information content (AvgIpc) is 2.99. The molecule has 0 saturated carbocycles. The molecule has 1 atom stereocenters. The molecule has 0 aliphatic carbocycles. The number of methoxy groups -OCH3 is 1. The number of nitrogens with zero attached hydrogens (tertiary/aromatic N) is 1. The summed E-state index contributed by atoms with van der Waals surface area (Å²) in [6.45, 7) is 4.85. The van der Waals surface area contributed by atoms with Crippen molar-refractivity contribution < 1.29 is 24.5 Å². The first-order valence-corrected chi connectivity index (χ1v) is 8.77. The van der Waals surface area contributed by atoms with Crippen LogP contribution in [0.3, 0.4) is 0 Å². The van der Waals surface area contributed by atoms with Gasteiger partial charge in [0.15, 0.2) is 0 Å². The summed E-state index contributed by atoms with van der Waals surface area (Å²) in [5, 5.41) is 20.7. The molecular weight excluding hydrogens is 354 g/mol. The third-order valence-electron chi connectivity index (χ3n) is 3.73. The molecule has 136 valence electrons. The summed E-state index contributed by atoms with van der Waals surface area (Å²) in [4.78, 5) is 16.8. The number of rotatable bonds is 1. The molecule has 0 bridgehead atoms. The van der Waals surface area contributed by atoms with Gasteiger partial charge in [-0.25, -0.2) is 9.78 Å². The highest BCUT2D eigenvalue weighted by molar-refractivity contribution is 7.14. The van der Waals surface area contributed by atoms with Crippen molar-refractivity contribution in [2.45, 2.75) is 32.0 Å². The van der Waals surface area contributed by atoms with E-state index in [4.69, 9.17) is 9.47 Å². The first kappa shape index (κ1) is 18.4. The van der Waals surface area contributed by atoms with E-state index in [1.165, 1.54) is 7.11 Å². The second kappa shape index (κ2) is 6.40. The minimum atomic E-state index is -1.29. The summed E-state index contributed by atoms with van der Waals surface area (Å²) >= 11 is 1.08. The molecule has 2 N–H and O–H groups in total. The number of carbonyl (C=O) groups is 1. The lowest BCUT2D eigenvalue weighted by molar-refractivity contribution is 0.0132. The molecule has 0 radical (unpaired) electrons. The number of ether oxygens (including phenoxy) is 2. The number of hydrogen-bond donors (Lipinski definition) is 2. The summed E-state index contributed by atoms with van der Waals surface area (Å²) in [5.41, 5.74) is -0.644. The van der Waals surface area contributed by atoms with Crippen molar-refractivity contribution in [3.05, 3.63) is 33.6 Å². The van der Waals surface area contributed by atoms with Gasteiger partial charge in [-0.15, -0.1) is 11.3 Å². The first-order chi connectivity index (χ1) is 12.1. The quantitative estimate of drug-likeness (QED) is 0.589. The fraction of sp³-hybridized carbons (Fsp3) is 0.368. The van der Waals surface area contributed by atoms with Gasteiger partial charge in [0, 0.05) is 11.1 Å². The predicted octanol–water partition coefficient (Wildman–Crippen LogP) is 2.32. The third kappa shape index (κ3) is 3.58. The number of benzene rings is 1. The zero-order valence-electron chi connectivity index (χ0n) is 14.9. The van der Waals surface area contributed by atoms with Crippen LogP contribution in [0.5, 0.6) is 5.75 Å². The summed E-state index contributed by atoms with van der Waals surface area (Å²) in [5.74, 6) is 5.66. The Bertz CT molecular complexity index is 928. The molecule has 2 heterocycles. The van der Waals surface area contributed by atoms with Gasteiger partial charge in [-0.3, -0.25) is 0 Å². The second-order valence-corrected chi connectivity index (χ2v) is 7.77. The van der Waals surface area contributed by atoms with Gasteiger partial charge in [0.2, 0.25) is 5.01 Å². The Kier molecular flexibility index (Phi) is 4.53. The van der Waals surface area contributed by atoms with Crippen molar-refractivity contribution in [2.24, 2.45) is 0 Å². The summed E-state index contributed by atoms with van der Waals surface area (Å²) in [7, 11) is 1.29. The van der Waals surface area contributed by atoms with Crippen LogP contribution >= 0.6 is 11.3 Å². The van der Waals surface area contributed by atoms with Crippen molar-refractivity contribution >= 4 is 17.3 Å². The maximum Gasteiger partial charge on any atom is 0.367 e. The molecule has 7 heteroatoms. The number of fused-ring (bicyclic) bond motifs is 3. The molecule has 0 saturated heterocycles. The van der Waals surface area contributed by atoms with Gasteiger partial charge < -0.3 is 19.7 Å². The highest BCUT2D eigenvalue weighted by atomic mass is 32.1. The fourth-order valence-corrected chi connectivity index (χ4v) is 3.50. The summed E-state index contributed by atoms with van der Waals surface area (Å²) in [6.07, 6.45) is 0. The second-order valence-electron chi connectivity index (χ2n) is 6.77. The Morgan fingerprint density at radius 3 is 2.85 bits per heavy atom. The molecule has 3 rings (SSSR count). The fourth-order valence-electron chi connectivity index (χ4n) is 2.47. The molecule has 1 aromatic carbocycles. The van der Waals surface area contributed by atoms with Crippen LogP contribution < -0.4 is 4.74 Å². The van der Waals surface area contributed by atoms with Crippen LogP contribution in [0.4, 0.5) is 0 Å². The Morgan fingerprint density at radius 2 is 2.19 bits per heavy atom. The SMILES string of the molecule is COC(=O)c1nc2c(s1)C(C)(O)COc1ccc(C#CC(C)(C)O)cc1-2. The molecule has 0 amide bonds. The van der Waals surface area contributed by atoms with Gasteiger partial charge in [0.05, 0.1) is 17.7 Å².